The van der Waals surface area contributed by atoms with Crippen LogP contribution in [0.25, 0.3) is 11.1 Å². The molecule has 3 unspecified atom stereocenters. The Morgan fingerprint density at radius 3 is 2.17 bits per heavy atom. The highest BCUT2D eigenvalue weighted by molar-refractivity contribution is 5.86. The number of carboxylic acids is 1. The highest BCUT2D eigenvalue weighted by Gasteiger charge is 2.33. The number of amides is 2. The standard InChI is InChI=1S/C28H34N2O5/c1-17(2)25(26(31)29-15-18-9-3-4-10-19(18)27(32)33)30-28(34)35-16-24-22-13-7-5-11-20(22)21-12-6-8-14-23(21)24/h5-8,11-14,17-19,24-25H,3-4,9-10,15-16H2,1-2H3,(H,29,31)(H,30,34)(H,32,33). The molecule has 0 heterocycles. The lowest BCUT2D eigenvalue weighted by Gasteiger charge is -2.29. The minimum absolute atomic E-state index is 0.0567. The highest BCUT2D eigenvalue weighted by atomic mass is 16.5. The summed E-state index contributed by atoms with van der Waals surface area (Å²) >= 11 is 0. The lowest BCUT2D eigenvalue weighted by Crippen LogP contribution is -2.51. The van der Waals surface area contributed by atoms with Crippen molar-refractivity contribution in [2.45, 2.75) is 51.5 Å². The molecule has 3 atom stereocenters. The number of aliphatic carboxylic acids is 1. The molecule has 0 aromatic heterocycles. The van der Waals surface area contributed by atoms with Gasteiger partial charge in [-0.3, -0.25) is 9.59 Å². The fourth-order valence-corrected chi connectivity index (χ4v) is 5.42. The first-order chi connectivity index (χ1) is 16.9. The van der Waals surface area contributed by atoms with Crippen molar-refractivity contribution in [3.05, 3.63) is 59.7 Å². The molecule has 4 rings (SSSR count). The van der Waals surface area contributed by atoms with E-state index in [0.717, 1.165) is 41.5 Å². The van der Waals surface area contributed by atoms with Gasteiger partial charge in [0.15, 0.2) is 0 Å². The Morgan fingerprint density at radius 1 is 0.971 bits per heavy atom. The average molecular weight is 479 g/mol. The molecule has 2 amide bonds. The summed E-state index contributed by atoms with van der Waals surface area (Å²) in [6.07, 6.45) is 2.65. The van der Waals surface area contributed by atoms with Crippen molar-refractivity contribution in [1.82, 2.24) is 10.6 Å². The number of rotatable bonds is 8. The molecule has 2 aliphatic carbocycles. The zero-order valence-electron chi connectivity index (χ0n) is 20.3. The summed E-state index contributed by atoms with van der Waals surface area (Å²) < 4.78 is 5.61. The Bertz CT molecular complexity index is 1040. The Labute approximate surface area is 206 Å². The van der Waals surface area contributed by atoms with Crippen LogP contribution < -0.4 is 10.6 Å². The van der Waals surface area contributed by atoms with Crippen molar-refractivity contribution < 1.29 is 24.2 Å². The van der Waals surface area contributed by atoms with E-state index in [0.29, 0.717) is 13.0 Å². The maximum absolute atomic E-state index is 12.9. The number of benzene rings is 2. The van der Waals surface area contributed by atoms with Gasteiger partial charge >= 0.3 is 12.1 Å². The monoisotopic (exact) mass is 478 g/mol. The summed E-state index contributed by atoms with van der Waals surface area (Å²) in [7, 11) is 0. The Morgan fingerprint density at radius 2 is 1.57 bits per heavy atom. The SMILES string of the molecule is CC(C)C(NC(=O)OCC1c2ccccc2-c2ccccc21)C(=O)NCC1CCCCC1C(=O)O. The summed E-state index contributed by atoms with van der Waals surface area (Å²) in [5.41, 5.74) is 4.55. The number of carbonyl (C=O) groups is 3. The normalized spacial score (nSPS) is 20.0. The number of ether oxygens (including phenoxy) is 1. The topological polar surface area (TPSA) is 105 Å². The van der Waals surface area contributed by atoms with E-state index in [1.807, 2.05) is 38.1 Å². The molecular formula is C28H34N2O5. The van der Waals surface area contributed by atoms with Crippen LogP contribution in [0.1, 0.15) is 56.6 Å². The molecule has 3 N–H and O–H groups in total. The molecule has 0 aliphatic heterocycles. The summed E-state index contributed by atoms with van der Waals surface area (Å²) in [5, 5.41) is 15.1. The fraction of sp³-hybridized carbons (Fsp3) is 0.464. The molecule has 0 spiro atoms. The molecule has 7 nitrogen and oxygen atoms in total. The Kier molecular flexibility index (Phi) is 7.73. The predicted octanol–water partition coefficient (Wildman–Crippen LogP) is 4.56. The second-order valence-corrected chi connectivity index (χ2v) is 9.93. The lowest BCUT2D eigenvalue weighted by molar-refractivity contribution is -0.145. The molecule has 2 aromatic rings. The van der Waals surface area contributed by atoms with Gasteiger partial charge in [-0.2, -0.15) is 0 Å². The first-order valence-electron chi connectivity index (χ1n) is 12.5. The Balaban J connectivity index is 1.35. The van der Waals surface area contributed by atoms with E-state index in [2.05, 4.69) is 34.9 Å². The van der Waals surface area contributed by atoms with Gasteiger partial charge in [-0.05, 0) is 46.9 Å². The first-order valence-corrected chi connectivity index (χ1v) is 12.5. The fourth-order valence-electron chi connectivity index (χ4n) is 5.42. The van der Waals surface area contributed by atoms with Gasteiger partial charge in [0.25, 0.3) is 0 Å². The van der Waals surface area contributed by atoms with E-state index in [1.165, 1.54) is 0 Å². The third-order valence-electron chi connectivity index (χ3n) is 7.33. The van der Waals surface area contributed by atoms with Gasteiger partial charge in [0, 0.05) is 12.5 Å². The largest absolute Gasteiger partial charge is 0.481 e. The van der Waals surface area contributed by atoms with Crippen LogP contribution in [0, 0.1) is 17.8 Å². The van der Waals surface area contributed by atoms with Crippen LogP contribution in [0.5, 0.6) is 0 Å². The molecular weight excluding hydrogens is 444 g/mol. The van der Waals surface area contributed by atoms with E-state index < -0.39 is 24.0 Å². The maximum Gasteiger partial charge on any atom is 0.407 e. The third kappa shape index (κ3) is 5.50. The zero-order valence-corrected chi connectivity index (χ0v) is 20.3. The molecule has 2 aromatic carbocycles. The van der Waals surface area contributed by atoms with Gasteiger partial charge < -0.3 is 20.5 Å². The summed E-state index contributed by atoms with van der Waals surface area (Å²) in [4.78, 5) is 37.1. The number of hydrogen-bond acceptors (Lipinski definition) is 4. The van der Waals surface area contributed by atoms with Gasteiger partial charge in [-0.25, -0.2) is 4.79 Å². The smallest absolute Gasteiger partial charge is 0.407 e. The first kappa shape index (κ1) is 24.8. The van der Waals surface area contributed by atoms with Crippen LogP contribution in [0.15, 0.2) is 48.5 Å². The van der Waals surface area contributed by atoms with Gasteiger partial charge in [0.1, 0.15) is 12.6 Å². The van der Waals surface area contributed by atoms with Crippen LogP contribution in [0.3, 0.4) is 0 Å². The predicted molar refractivity (Wildman–Crippen MR) is 133 cm³/mol. The second kappa shape index (κ2) is 10.9. The number of carbonyl (C=O) groups excluding carboxylic acids is 2. The molecule has 1 saturated carbocycles. The van der Waals surface area contributed by atoms with Crippen molar-refractivity contribution in [2.75, 3.05) is 13.2 Å². The molecule has 1 fully saturated rings. The number of alkyl carbamates (subject to hydrolysis) is 1. The molecule has 7 heteroatoms. The van der Waals surface area contributed by atoms with Crippen molar-refractivity contribution >= 4 is 18.0 Å². The lowest BCUT2D eigenvalue weighted by atomic mass is 9.79. The summed E-state index contributed by atoms with van der Waals surface area (Å²) in [6.45, 7) is 4.18. The number of hydrogen-bond donors (Lipinski definition) is 3. The van der Waals surface area contributed by atoms with E-state index in [-0.39, 0.29) is 30.3 Å². The molecule has 0 bridgehead atoms. The van der Waals surface area contributed by atoms with E-state index >= 15 is 0 Å². The van der Waals surface area contributed by atoms with E-state index in [1.54, 1.807) is 0 Å². The molecule has 186 valence electrons. The van der Waals surface area contributed by atoms with Gasteiger partial charge in [-0.15, -0.1) is 0 Å². The Hall–Kier alpha value is -3.35. The van der Waals surface area contributed by atoms with Crippen molar-refractivity contribution in [1.29, 1.82) is 0 Å². The van der Waals surface area contributed by atoms with Crippen molar-refractivity contribution in [2.24, 2.45) is 17.8 Å². The summed E-state index contributed by atoms with van der Waals surface area (Å²) in [5.74, 6) is -1.86. The molecule has 0 radical (unpaired) electrons. The average Bonchev–Trinajstić information content (AvgIpc) is 3.18. The van der Waals surface area contributed by atoms with Gasteiger partial charge in [0.2, 0.25) is 5.91 Å². The van der Waals surface area contributed by atoms with Gasteiger partial charge in [-0.1, -0.05) is 75.2 Å². The van der Waals surface area contributed by atoms with Crippen LogP contribution in [-0.2, 0) is 14.3 Å². The van der Waals surface area contributed by atoms with Crippen LogP contribution in [0.4, 0.5) is 4.79 Å². The zero-order chi connectivity index (χ0) is 24.9. The van der Waals surface area contributed by atoms with Crippen molar-refractivity contribution in [3.8, 4) is 11.1 Å². The molecule has 0 saturated heterocycles. The second-order valence-electron chi connectivity index (χ2n) is 9.93. The molecule has 35 heavy (non-hydrogen) atoms. The maximum atomic E-state index is 12.9. The van der Waals surface area contributed by atoms with Gasteiger partial charge in [0.05, 0.1) is 5.92 Å². The number of carboxylic acid groups (broad SMARTS) is 1. The quantitative estimate of drug-likeness (QED) is 0.516. The number of fused-ring (bicyclic) bond motifs is 3. The van der Waals surface area contributed by atoms with E-state index in [9.17, 15) is 19.5 Å². The van der Waals surface area contributed by atoms with Crippen LogP contribution >= 0.6 is 0 Å². The third-order valence-corrected chi connectivity index (χ3v) is 7.33. The van der Waals surface area contributed by atoms with Crippen LogP contribution in [-0.4, -0.2) is 42.3 Å². The van der Waals surface area contributed by atoms with Crippen LogP contribution in [0.2, 0.25) is 0 Å². The van der Waals surface area contributed by atoms with E-state index in [4.69, 9.17) is 4.74 Å². The number of nitrogens with one attached hydrogen (secondary N) is 2. The summed E-state index contributed by atoms with van der Waals surface area (Å²) in [6, 6.07) is 15.5. The van der Waals surface area contributed by atoms with Crippen molar-refractivity contribution in [3.63, 3.8) is 0 Å². The minimum atomic E-state index is -0.805. The minimum Gasteiger partial charge on any atom is -0.481 e. The molecule has 2 aliphatic rings. The highest BCUT2D eigenvalue weighted by Crippen LogP contribution is 2.44.